The maximum Gasteiger partial charge on any atom is 0.147 e. The van der Waals surface area contributed by atoms with Gasteiger partial charge in [-0.1, -0.05) is 12.2 Å². The smallest absolute Gasteiger partial charge is 0.147 e. The van der Waals surface area contributed by atoms with Crippen LogP contribution in [0.25, 0.3) is 0 Å². The van der Waals surface area contributed by atoms with Crippen molar-refractivity contribution in [3.63, 3.8) is 0 Å². The van der Waals surface area contributed by atoms with Crippen LogP contribution in [0.3, 0.4) is 0 Å². The molecular formula is C12H17FN2OS. The molecule has 0 saturated carbocycles. The lowest BCUT2D eigenvalue weighted by Gasteiger charge is -2.23. The van der Waals surface area contributed by atoms with Gasteiger partial charge in [0.2, 0.25) is 0 Å². The Labute approximate surface area is 106 Å². The minimum atomic E-state index is -0.332. The quantitative estimate of drug-likeness (QED) is 0.817. The zero-order chi connectivity index (χ0) is 13.0. The molecule has 1 aromatic carbocycles. The summed E-state index contributed by atoms with van der Waals surface area (Å²) < 4.78 is 19.0. The highest BCUT2D eigenvalue weighted by molar-refractivity contribution is 7.80. The van der Waals surface area contributed by atoms with Crippen LogP contribution >= 0.6 is 12.2 Å². The molecule has 0 saturated heterocycles. The third kappa shape index (κ3) is 3.64. The van der Waals surface area contributed by atoms with Crippen molar-refractivity contribution in [2.24, 2.45) is 5.73 Å². The molecule has 94 valence electrons. The molecule has 1 aromatic rings. The molecule has 0 bridgehead atoms. The fourth-order valence-electron chi connectivity index (χ4n) is 1.53. The average molecular weight is 256 g/mol. The summed E-state index contributed by atoms with van der Waals surface area (Å²) in [7, 11) is 3.44. The average Bonchev–Trinajstić information content (AvgIpc) is 2.28. The molecule has 0 amide bonds. The maximum atomic E-state index is 13.8. The van der Waals surface area contributed by atoms with Crippen LogP contribution in [0.1, 0.15) is 12.5 Å². The standard InChI is InChI=1S/C12H17FN2OS/c1-8(16-3)7-15(2)11-5-4-9(12(14)17)6-10(11)13/h4-6,8H,7H2,1-3H3,(H2,14,17). The van der Waals surface area contributed by atoms with Gasteiger partial charge in [0.25, 0.3) is 0 Å². The molecule has 17 heavy (non-hydrogen) atoms. The Hall–Kier alpha value is -1.20. The first kappa shape index (κ1) is 13.9. The van der Waals surface area contributed by atoms with E-state index in [9.17, 15) is 4.39 Å². The molecule has 0 heterocycles. The Morgan fingerprint density at radius 1 is 1.59 bits per heavy atom. The van der Waals surface area contributed by atoms with E-state index in [1.54, 1.807) is 24.1 Å². The molecule has 0 aromatic heterocycles. The van der Waals surface area contributed by atoms with Crippen LogP contribution in [0, 0.1) is 5.82 Å². The maximum absolute atomic E-state index is 13.8. The highest BCUT2D eigenvalue weighted by Crippen LogP contribution is 2.19. The number of hydrogen-bond donors (Lipinski definition) is 1. The molecule has 1 atom stereocenters. The van der Waals surface area contributed by atoms with E-state index in [1.165, 1.54) is 6.07 Å². The number of likely N-dealkylation sites (N-methyl/N-ethyl adjacent to an activating group) is 1. The largest absolute Gasteiger partial charge is 0.389 e. The Morgan fingerprint density at radius 3 is 2.71 bits per heavy atom. The molecule has 0 aliphatic rings. The van der Waals surface area contributed by atoms with Crippen molar-refractivity contribution in [3.8, 4) is 0 Å². The Kier molecular flexibility index (Phi) is 4.84. The summed E-state index contributed by atoms with van der Waals surface area (Å²) in [6, 6.07) is 4.74. The highest BCUT2D eigenvalue weighted by atomic mass is 32.1. The fourth-order valence-corrected chi connectivity index (χ4v) is 1.66. The first-order valence-electron chi connectivity index (χ1n) is 5.29. The minimum absolute atomic E-state index is 0.0367. The molecule has 0 aliphatic carbocycles. The van der Waals surface area contributed by atoms with Crippen LogP contribution in [0.5, 0.6) is 0 Å². The van der Waals surface area contributed by atoms with Gasteiger partial charge in [-0.3, -0.25) is 0 Å². The van der Waals surface area contributed by atoms with Crippen LogP contribution < -0.4 is 10.6 Å². The molecule has 0 aliphatic heterocycles. The number of thiocarbonyl (C=S) groups is 1. The summed E-state index contributed by atoms with van der Waals surface area (Å²) in [5, 5.41) is 0. The Morgan fingerprint density at radius 2 is 2.24 bits per heavy atom. The number of nitrogens with zero attached hydrogens (tertiary/aromatic N) is 1. The SMILES string of the molecule is COC(C)CN(C)c1ccc(C(N)=S)cc1F. The van der Waals surface area contributed by atoms with Crippen LogP contribution in [-0.2, 0) is 4.74 Å². The van der Waals surface area contributed by atoms with Crippen LogP contribution in [-0.4, -0.2) is 31.8 Å². The first-order valence-corrected chi connectivity index (χ1v) is 5.69. The van der Waals surface area contributed by atoms with Crippen molar-refractivity contribution in [1.29, 1.82) is 0 Å². The topological polar surface area (TPSA) is 38.5 Å². The summed E-state index contributed by atoms with van der Waals surface area (Å²) in [6.07, 6.45) is 0.0367. The Bertz CT molecular complexity index is 411. The Balaban J connectivity index is 2.88. The van der Waals surface area contributed by atoms with E-state index in [0.29, 0.717) is 17.8 Å². The number of rotatable bonds is 5. The summed E-state index contributed by atoms with van der Waals surface area (Å²) in [6.45, 7) is 2.54. The van der Waals surface area contributed by atoms with E-state index in [-0.39, 0.29) is 16.9 Å². The van der Waals surface area contributed by atoms with Gasteiger partial charge in [-0.05, 0) is 25.1 Å². The van der Waals surface area contributed by atoms with Gasteiger partial charge in [0.15, 0.2) is 0 Å². The molecule has 1 unspecified atom stereocenters. The predicted molar refractivity (Wildman–Crippen MR) is 72.0 cm³/mol. The number of anilines is 1. The number of benzene rings is 1. The van der Waals surface area contributed by atoms with Crippen molar-refractivity contribution in [2.75, 3.05) is 25.6 Å². The van der Waals surface area contributed by atoms with Gasteiger partial charge >= 0.3 is 0 Å². The van der Waals surface area contributed by atoms with Gasteiger partial charge in [0, 0.05) is 26.3 Å². The lowest BCUT2D eigenvalue weighted by Crippen LogP contribution is -2.29. The van der Waals surface area contributed by atoms with E-state index in [2.05, 4.69) is 0 Å². The number of hydrogen-bond acceptors (Lipinski definition) is 3. The van der Waals surface area contributed by atoms with E-state index in [1.807, 2.05) is 14.0 Å². The molecule has 0 fully saturated rings. The van der Waals surface area contributed by atoms with Crippen LogP contribution in [0.4, 0.5) is 10.1 Å². The minimum Gasteiger partial charge on any atom is -0.389 e. The number of ether oxygens (including phenoxy) is 1. The third-order valence-corrected chi connectivity index (χ3v) is 2.81. The zero-order valence-electron chi connectivity index (χ0n) is 10.2. The van der Waals surface area contributed by atoms with Gasteiger partial charge in [-0.25, -0.2) is 4.39 Å². The molecular weight excluding hydrogens is 239 g/mol. The monoisotopic (exact) mass is 256 g/mol. The molecule has 5 heteroatoms. The van der Waals surface area contributed by atoms with E-state index in [0.717, 1.165) is 0 Å². The molecule has 0 spiro atoms. The highest BCUT2D eigenvalue weighted by Gasteiger charge is 2.11. The van der Waals surface area contributed by atoms with Crippen LogP contribution in [0.15, 0.2) is 18.2 Å². The second-order valence-electron chi connectivity index (χ2n) is 3.96. The first-order chi connectivity index (χ1) is 7.95. The lowest BCUT2D eigenvalue weighted by molar-refractivity contribution is 0.124. The van der Waals surface area contributed by atoms with Crippen molar-refractivity contribution in [2.45, 2.75) is 13.0 Å². The van der Waals surface area contributed by atoms with Crippen molar-refractivity contribution >= 4 is 22.9 Å². The summed E-state index contributed by atoms with van der Waals surface area (Å²) in [5.41, 5.74) is 6.49. The number of halogens is 1. The number of nitrogens with two attached hydrogens (primary N) is 1. The second kappa shape index (κ2) is 5.93. The van der Waals surface area contributed by atoms with Crippen molar-refractivity contribution < 1.29 is 9.13 Å². The van der Waals surface area contributed by atoms with Crippen LogP contribution in [0.2, 0.25) is 0 Å². The summed E-state index contributed by atoms with van der Waals surface area (Å²) in [5.74, 6) is -0.332. The van der Waals surface area contributed by atoms with Gasteiger partial charge in [-0.15, -0.1) is 0 Å². The summed E-state index contributed by atoms with van der Waals surface area (Å²) >= 11 is 4.80. The van der Waals surface area contributed by atoms with E-state index < -0.39 is 0 Å². The fraction of sp³-hybridized carbons (Fsp3) is 0.417. The summed E-state index contributed by atoms with van der Waals surface area (Å²) in [4.78, 5) is 2.00. The zero-order valence-corrected chi connectivity index (χ0v) is 11.1. The van der Waals surface area contributed by atoms with Crippen molar-refractivity contribution in [3.05, 3.63) is 29.6 Å². The second-order valence-corrected chi connectivity index (χ2v) is 4.40. The predicted octanol–water partition coefficient (Wildman–Crippen LogP) is 1.93. The normalized spacial score (nSPS) is 12.2. The van der Waals surface area contributed by atoms with E-state index in [4.69, 9.17) is 22.7 Å². The van der Waals surface area contributed by atoms with Gasteiger partial charge in [0.1, 0.15) is 10.8 Å². The van der Waals surface area contributed by atoms with Gasteiger partial charge in [-0.2, -0.15) is 0 Å². The van der Waals surface area contributed by atoms with Gasteiger partial charge < -0.3 is 15.4 Å². The van der Waals surface area contributed by atoms with Crippen molar-refractivity contribution in [1.82, 2.24) is 0 Å². The molecule has 0 radical (unpaired) electrons. The third-order valence-electron chi connectivity index (χ3n) is 2.58. The van der Waals surface area contributed by atoms with E-state index >= 15 is 0 Å². The molecule has 3 nitrogen and oxygen atoms in total. The lowest BCUT2D eigenvalue weighted by atomic mass is 10.2. The molecule has 2 N–H and O–H groups in total. The van der Waals surface area contributed by atoms with Gasteiger partial charge in [0.05, 0.1) is 11.8 Å². The molecule has 1 rings (SSSR count). The number of methoxy groups -OCH3 is 1.